The normalized spacial score (nSPS) is 14.1. The maximum absolute atomic E-state index is 13.1. The SMILES string of the molecule is O=C(Nc1ccc(C(=O)NC2CCCC2)cc1)Nc1ccc(F)c(Cl)c1. The van der Waals surface area contributed by atoms with Gasteiger partial charge in [-0.2, -0.15) is 0 Å². The molecule has 26 heavy (non-hydrogen) atoms. The van der Waals surface area contributed by atoms with Crippen LogP contribution in [0.4, 0.5) is 20.6 Å². The highest BCUT2D eigenvalue weighted by molar-refractivity contribution is 6.31. The first-order chi connectivity index (χ1) is 12.5. The van der Waals surface area contributed by atoms with Gasteiger partial charge in [0.2, 0.25) is 0 Å². The van der Waals surface area contributed by atoms with E-state index >= 15 is 0 Å². The van der Waals surface area contributed by atoms with Crippen LogP contribution in [-0.4, -0.2) is 18.0 Å². The predicted octanol–water partition coefficient (Wildman–Crippen LogP) is 4.80. The molecule has 0 heterocycles. The zero-order valence-corrected chi connectivity index (χ0v) is 14.8. The van der Waals surface area contributed by atoms with Gasteiger partial charge in [0, 0.05) is 23.0 Å². The van der Waals surface area contributed by atoms with Gasteiger partial charge in [-0.15, -0.1) is 0 Å². The van der Waals surface area contributed by atoms with Crippen LogP contribution in [0.5, 0.6) is 0 Å². The summed E-state index contributed by atoms with van der Waals surface area (Å²) < 4.78 is 13.1. The Morgan fingerprint density at radius 1 is 0.962 bits per heavy atom. The van der Waals surface area contributed by atoms with Gasteiger partial charge < -0.3 is 16.0 Å². The van der Waals surface area contributed by atoms with Gasteiger partial charge in [0.25, 0.3) is 5.91 Å². The first-order valence-corrected chi connectivity index (χ1v) is 8.83. The summed E-state index contributed by atoms with van der Waals surface area (Å²) in [5.74, 6) is -0.655. The number of benzene rings is 2. The van der Waals surface area contributed by atoms with Gasteiger partial charge in [-0.05, 0) is 55.3 Å². The van der Waals surface area contributed by atoms with E-state index in [0.717, 1.165) is 25.7 Å². The van der Waals surface area contributed by atoms with Crippen molar-refractivity contribution in [2.75, 3.05) is 10.6 Å². The van der Waals surface area contributed by atoms with E-state index in [-0.39, 0.29) is 17.0 Å². The molecule has 1 saturated carbocycles. The number of halogens is 2. The van der Waals surface area contributed by atoms with E-state index in [9.17, 15) is 14.0 Å². The van der Waals surface area contributed by atoms with Crippen molar-refractivity contribution in [1.82, 2.24) is 5.32 Å². The Labute approximate surface area is 155 Å². The number of urea groups is 1. The average Bonchev–Trinajstić information content (AvgIpc) is 3.11. The Hall–Kier alpha value is -2.60. The first-order valence-electron chi connectivity index (χ1n) is 8.45. The van der Waals surface area contributed by atoms with Crippen molar-refractivity contribution in [3.05, 3.63) is 58.9 Å². The minimum Gasteiger partial charge on any atom is -0.349 e. The lowest BCUT2D eigenvalue weighted by Crippen LogP contribution is -2.32. The third-order valence-corrected chi connectivity index (χ3v) is 4.56. The highest BCUT2D eigenvalue weighted by atomic mass is 35.5. The summed E-state index contributed by atoms with van der Waals surface area (Å²) in [5.41, 5.74) is 1.46. The highest BCUT2D eigenvalue weighted by Gasteiger charge is 2.17. The predicted molar refractivity (Wildman–Crippen MR) is 100 cm³/mol. The molecule has 5 nitrogen and oxygen atoms in total. The molecule has 3 N–H and O–H groups in total. The van der Waals surface area contributed by atoms with Crippen molar-refractivity contribution in [2.24, 2.45) is 0 Å². The molecule has 0 atom stereocenters. The fraction of sp³-hybridized carbons (Fsp3) is 0.263. The van der Waals surface area contributed by atoms with E-state index in [4.69, 9.17) is 11.6 Å². The molecule has 1 aliphatic rings. The summed E-state index contributed by atoms with van der Waals surface area (Å²) in [6.45, 7) is 0. The standard InChI is InChI=1S/C19H19ClFN3O2/c20-16-11-15(9-10-17(16)21)24-19(26)23-14-7-5-12(6-8-14)18(25)22-13-3-1-2-4-13/h5-11,13H,1-4H2,(H,22,25)(H2,23,24,26). The number of carbonyl (C=O) groups is 2. The van der Waals surface area contributed by atoms with E-state index in [2.05, 4.69) is 16.0 Å². The Kier molecular flexibility index (Phi) is 5.73. The van der Waals surface area contributed by atoms with E-state index in [1.54, 1.807) is 24.3 Å². The third-order valence-electron chi connectivity index (χ3n) is 4.27. The van der Waals surface area contributed by atoms with Crippen LogP contribution in [0.2, 0.25) is 5.02 Å². The molecule has 0 spiro atoms. The van der Waals surface area contributed by atoms with Crippen LogP contribution in [0.15, 0.2) is 42.5 Å². The van der Waals surface area contributed by atoms with Gasteiger partial charge in [0.15, 0.2) is 0 Å². The average molecular weight is 376 g/mol. The van der Waals surface area contributed by atoms with Crippen molar-refractivity contribution < 1.29 is 14.0 Å². The molecule has 2 aromatic carbocycles. The van der Waals surface area contributed by atoms with E-state index in [1.807, 2.05) is 0 Å². The quantitative estimate of drug-likeness (QED) is 0.718. The van der Waals surface area contributed by atoms with Crippen LogP contribution >= 0.6 is 11.6 Å². The number of amides is 3. The molecule has 0 aromatic heterocycles. The molecule has 136 valence electrons. The lowest BCUT2D eigenvalue weighted by atomic mass is 10.1. The van der Waals surface area contributed by atoms with Gasteiger partial charge >= 0.3 is 6.03 Å². The number of carbonyl (C=O) groups excluding carboxylic acids is 2. The van der Waals surface area contributed by atoms with E-state index < -0.39 is 11.8 Å². The summed E-state index contributed by atoms with van der Waals surface area (Å²) in [7, 11) is 0. The topological polar surface area (TPSA) is 70.2 Å². The van der Waals surface area contributed by atoms with E-state index in [0.29, 0.717) is 16.9 Å². The monoisotopic (exact) mass is 375 g/mol. The molecule has 7 heteroatoms. The smallest absolute Gasteiger partial charge is 0.323 e. The molecule has 0 bridgehead atoms. The van der Waals surface area contributed by atoms with Gasteiger partial charge in [-0.1, -0.05) is 24.4 Å². The van der Waals surface area contributed by atoms with Gasteiger partial charge in [-0.25, -0.2) is 9.18 Å². The second-order valence-electron chi connectivity index (χ2n) is 6.24. The van der Waals surface area contributed by atoms with Crippen LogP contribution in [0.25, 0.3) is 0 Å². The lowest BCUT2D eigenvalue weighted by Gasteiger charge is -2.12. The van der Waals surface area contributed by atoms with Gasteiger partial charge in [-0.3, -0.25) is 4.79 Å². The molecule has 1 aliphatic carbocycles. The number of nitrogens with one attached hydrogen (secondary N) is 3. The molecule has 2 aromatic rings. The molecule has 0 radical (unpaired) electrons. The Balaban J connectivity index is 1.55. The Morgan fingerprint density at radius 2 is 1.58 bits per heavy atom. The first kappa shape index (κ1) is 18.2. The van der Waals surface area contributed by atoms with Crippen molar-refractivity contribution in [2.45, 2.75) is 31.7 Å². The molecule has 3 rings (SSSR count). The van der Waals surface area contributed by atoms with Crippen LogP contribution < -0.4 is 16.0 Å². The van der Waals surface area contributed by atoms with Crippen molar-refractivity contribution >= 4 is 34.9 Å². The molecule has 1 fully saturated rings. The van der Waals surface area contributed by atoms with Crippen molar-refractivity contribution in [3.8, 4) is 0 Å². The van der Waals surface area contributed by atoms with Crippen molar-refractivity contribution in [1.29, 1.82) is 0 Å². The Bertz CT molecular complexity index is 805. The van der Waals surface area contributed by atoms with Crippen molar-refractivity contribution in [3.63, 3.8) is 0 Å². The van der Waals surface area contributed by atoms with Crippen LogP contribution in [0.1, 0.15) is 36.0 Å². The number of rotatable bonds is 4. The third kappa shape index (κ3) is 4.73. The Morgan fingerprint density at radius 3 is 2.23 bits per heavy atom. The van der Waals surface area contributed by atoms with Gasteiger partial charge in [0.1, 0.15) is 5.82 Å². The number of hydrogen-bond acceptors (Lipinski definition) is 2. The summed E-state index contributed by atoms with van der Waals surface area (Å²) in [5, 5.41) is 8.16. The minimum atomic E-state index is -0.552. The minimum absolute atomic E-state index is 0.0690. The fourth-order valence-corrected chi connectivity index (χ4v) is 3.09. The summed E-state index contributed by atoms with van der Waals surface area (Å²) >= 11 is 5.68. The van der Waals surface area contributed by atoms with Gasteiger partial charge in [0.05, 0.1) is 5.02 Å². The summed E-state index contributed by atoms with van der Waals surface area (Å²) in [6.07, 6.45) is 4.36. The maximum atomic E-state index is 13.1. The second kappa shape index (κ2) is 8.19. The molecule has 3 amide bonds. The van der Waals surface area contributed by atoms with E-state index in [1.165, 1.54) is 18.2 Å². The zero-order valence-electron chi connectivity index (χ0n) is 14.0. The second-order valence-corrected chi connectivity index (χ2v) is 6.65. The zero-order chi connectivity index (χ0) is 18.5. The summed E-state index contributed by atoms with van der Waals surface area (Å²) in [4.78, 5) is 24.2. The molecular weight excluding hydrogens is 357 g/mol. The molecule has 0 aliphatic heterocycles. The number of hydrogen-bond donors (Lipinski definition) is 3. The maximum Gasteiger partial charge on any atom is 0.323 e. The van der Waals surface area contributed by atoms with Crippen LogP contribution in [0.3, 0.4) is 0 Å². The largest absolute Gasteiger partial charge is 0.349 e. The molecule has 0 unspecified atom stereocenters. The fourth-order valence-electron chi connectivity index (χ4n) is 2.91. The molecule has 0 saturated heterocycles. The summed E-state index contributed by atoms with van der Waals surface area (Å²) in [6, 6.07) is 10.3. The van der Waals surface area contributed by atoms with Crippen LogP contribution in [-0.2, 0) is 0 Å². The van der Waals surface area contributed by atoms with Crippen LogP contribution in [0, 0.1) is 5.82 Å². The molecular formula is C19H19ClFN3O2. The lowest BCUT2D eigenvalue weighted by molar-refractivity contribution is 0.0938. The highest BCUT2D eigenvalue weighted by Crippen LogP contribution is 2.20. The number of anilines is 2.